The quantitative estimate of drug-likeness (QED) is 0.407. The maximum atomic E-state index is 12.5. The van der Waals surface area contributed by atoms with E-state index in [1.54, 1.807) is 23.5 Å². The van der Waals surface area contributed by atoms with Crippen molar-refractivity contribution in [1.29, 1.82) is 0 Å². The molecule has 1 amide bonds. The van der Waals surface area contributed by atoms with Crippen LogP contribution in [-0.2, 0) is 0 Å². The molecule has 0 aliphatic heterocycles. The average Bonchev–Trinajstić information content (AvgIpc) is 3.44. The molecule has 0 saturated carbocycles. The minimum Gasteiger partial charge on any atom is -0.322 e. The van der Waals surface area contributed by atoms with E-state index in [1.807, 2.05) is 53.9 Å². The van der Waals surface area contributed by atoms with Crippen LogP contribution in [0.4, 0.5) is 5.69 Å². The minimum absolute atomic E-state index is 0.173. The Kier molecular flexibility index (Phi) is 4.59. The van der Waals surface area contributed by atoms with E-state index in [2.05, 4.69) is 26.2 Å². The molecule has 2 aromatic heterocycles. The molecule has 0 spiro atoms. The SMILES string of the molecule is O=C(Nc1ccc(-c2csc(-c3ccccc3)n2)cc1)c1ccc2nsnc2c1. The first-order chi connectivity index (χ1) is 14.3. The van der Waals surface area contributed by atoms with Gasteiger partial charge in [0.1, 0.15) is 16.0 Å². The van der Waals surface area contributed by atoms with Crippen LogP contribution in [0.1, 0.15) is 10.4 Å². The summed E-state index contributed by atoms with van der Waals surface area (Å²) in [6.45, 7) is 0. The fraction of sp³-hybridized carbons (Fsp3) is 0. The molecule has 0 bridgehead atoms. The third-order valence-electron chi connectivity index (χ3n) is 4.48. The minimum atomic E-state index is -0.173. The Morgan fingerprint density at radius 3 is 2.45 bits per heavy atom. The molecule has 1 N–H and O–H groups in total. The average molecular weight is 415 g/mol. The molecule has 7 heteroatoms. The second-order valence-electron chi connectivity index (χ2n) is 6.40. The second kappa shape index (κ2) is 7.54. The molecule has 2 heterocycles. The fourth-order valence-electron chi connectivity index (χ4n) is 2.97. The maximum absolute atomic E-state index is 12.5. The van der Waals surface area contributed by atoms with Crippen molar-refractivity contribution in [3.63, 3.8) is 0 Å². The Labute approximate surface area is 175 Å². The summed E-state index contributed by atoms with van der Waals surface area (Å²) in [6.07, 6.45) is 0. The van der Waals surface area contributed by atoms with Gasteiger partial charge in [0.2, 0.25) is 0 Å². The van der Waals surface area contributed by atoms with Gasteiger partial charge in [0.15, 0.2) is 0 Å². The maximum Gasteiger partial charge on any atom is 0.255 e. The third-order valence-corrected chi connectivity index (χ3v) is 5.93. The molecule has 140 valence electrons. The highest BCUT2D eigenvalue weighted by atomic mass is 32.1. The molecule has 0 radical (unpaired) electrons. The topological polar surface area (TPSA) is 67.8 Å². The van der Waals surface area contributed by atoms with Gasteiger partial charge in [-0.15, -0.1) is 11.3 Å². The summed E-state index contributed by atoms with van der Waals surface area (Å²) in [4.78, 5) is 17.3. The number of benzene rings is 3. The molecule has 5 nitrogen and oxygen atoms in total. The lowest BCUT2D eigenvalue weighted by molar-refractivity contribution is 0.102. The summed E-state index contributed by atoms with van der Waals surface area (Å²) in [7, 11) is 0. The van der Waals surface area contributed by atoms with Crippen LogP contribution in [0.2, 0.25) is 0 Å². The Bertz CT molecular complexity index is 1290. The molecule has 0 atom stereocenters. The van der Waals surface area contributed by atoms with E-state index in [4.69, 9.17) is 4.98 Å². The zero-order valence-corrected chi connectivity index (χ0v) is 16.7. The molecular formula is C22H14N4OS2. The van der Waals surface area contributed by atoms with E-state index >= 15 is 0 Å². The smallest absolute Gasteiger partial charge is 0.255 e. The summed E-state index contributed by atoms with van der Waals surface area (Å²) >= 11 is 2.76. The standard InChI is InChI=1S/C22H14N4OS2/c27-21(16-8-11-18-19(12-16)26-29-25-18)23-17-9-6-14(7-10-17)20-13-28-22(24-20)15-4-2-1-3-5-15/h1-13H,(H,23,27). The number of carbonyl (C=O) groups excluding carboxylic acids is 1. The first-order valence-electron chi connectivity index (χ1n) is 8.91. The molecule has 5 rings (SSSR count). The normalized spacial score (nSPS) is 10.9. The van der Waals surface area contributed by atoms with Crippen molar-refractivity contribution in [1.82, 2.24) is 13.7 Å². The lowest BCUT2D eigenvalue weighted by Gasteiger charge is -2.06. The van der Waals surface area contributed by atoms with Gasteiger partial charge in [-0.2, -0.15) is 8.75 Å². The number of hydrogen-bond donors (Lipinski definition) is 1. The fourth-order valence-corrected chi connectivity index (χ4v) is 4.32. The number of nitrogens with zero attached hydrogens (tertiary/aromatic N) is 3. The molecule has 5 aromatic rings. The Morgan fingerprint density at radius 2 is 1.62 bits per heavy atom. The number of rotatable bonds is 4. The van der Waals surface area contributed by atoms with E-state index in [-0.39, 0.29) is 5.91 Å². The number of hydrogen-bond acceptors (Lipinski definition) is 6. The van der Waals surface area contributed by atoms with Crippen molar-refractivity contribution in [2.75, 3.05) is 5.32 Å². The van der Waals surface area contributed by atoms with Gasteiger partial charge in [-0.1, -0.05) is 42.5 Å². The Hall–Kier alpha value is -3.42. The van der Waals surface area contributed by atoms with Gasteiger partial charge < -0.3 is 5.32 Å². The summed E-state index contributed by atoms with van der Waals surface area (Å²) in [5.41, 5.74) is 5.87. The lowest BCUT2D eigenvalue weighted by Crippen LogP contribution is -2.11. The van der Waals surface area contributed by atoms with Gasteiger partial charge in [-0.3, -0.25) is 4.79 Å². The van der Waals surface area contributed by atoms with Gasteiger partial charge >= 0.3 is 0 Å². The first-order valence-corrected chi connectivity index (χ1v) is 10.5. The molecule has 29 heavy (non-hydrogen) atoms. The predicted octanol–water partition coefficient (Wildman–Crippen LogP) is 5.73. The van der Waals surface area contributed by atoms with Crippen LogP contribution in [-0.4, -0.2) is 19.6 Å². The van der Waals surface area contributed by atoms with Crippen molar-refractivity contribution < 1.29 is 4.79 Å². The number of carbonyl (C=O) groups is 1. The number of thiazole rings is 1. The monoisotopic (exact) mass is 414 g/mol. The first kappa shape index (κ1) is 17.7. The number of amides is 1. The van der Waals surface area contributed by atoms with Crippen LogP contribution in [0.3, 0.4) is 0 Å². The summed E-state index contributed by atoms with van der Waals surface area (Å²) in [5, 5.41) is 5.96. The predicted molar refractivity (Wildman–Crippen MR) is 118 cm³/mol. The lowest BCUT2D eigenvalue weighted by atomic mass is 10.1. The van der Waals surface area contributed by atoms with Crippen molar-refractivity contribution in [2.45, 2.75) is 0 Å². The van der Waals surface area contributed by atoms with E-state index in [0.29, 0.717) is 5.56 Å². The van der Waals surface area contributed by atoms with Crippen LogP contribution in [0.25, 0.3) is 32.9 Å². The second-order valence-corrected chi connectivity index (χ2v) is 7.79. The largest absolute Gasteiger partial charge is 0.322 e. The highest BCUT2D eigenvalue weighted by Gasteiger charge is 2.10. The molecule has 0 aliphatic rings. The number of aromatic nitrogens is 3. The van der Waals surface area contributed by atoms with Crippen LogP contribution < -0.4 is 5.32 Å². The van der Waals surface area contributed by atoms with Crippen LogP contribution in [0.5, 0.6) is 0 Å². The number of fused-ring (bicyclic) bond motifs is 1. The molecule has 0 fully saturated rings. The van der Waals surface area contributed by atoms with Crippen LogP contribution in [0.15, 0.2) is 78.2 Å². The molecule has 0 aliphatic carbocycles. The van der Waals surface area contributed by atoms with Gasteiger partial charge in [0, 0.05) is 27.8 Å². The Morgan fingerprint density at radius 1 is 0.828 bits per heavy atom. The summed E-state index contributed by atoms with van der Waals surface area (Å²) in [6, 6.07) is 23.2. The Balaban J connectivity index is 1.32. The summed E-state index contributed by atoms with van der Waals surface area (Å²) in [5.74, 6) is -0.173. The van der Waals surface area contributed by atoms with E-state index < -0.39 is 0 Å². The van der Waals surface area contributed by atoms with Crippen molar-refractivity contribution in [3.05, 3.63) is 83.7 Å². The van der Waals surface area contributed by atoms with Crippen molar-refractivity contribution in [3.8, 4) is 21.8 Å². The van der Waals surface area contributed by atoms with Crippen molar-refractivity contribution in [2.24, 2.45) is 0 Å². The van der Waals surface area contributed by atoms with Gasteiger partial charge in [-0.05, 0) is 30.3 Å². The van der Waals surface area contributed by atoms with Crippen LogP contribution >= 0.6 is 23.1 Å². The number of anilines is 1. The number of nitrogens with one attached hydrogen (secondary N) is 1. The molecule has 0 unspecified atom stereocenters. The van der Waals surface area contributed by atoms with Gasteiger partial charge in [-0.25, -0.2) is 4.98 Å². The zero-order chi connectivity index (χ0) is 19.6. The van der Waals surface area contributed by atoms with E-state index in [9.17, 15) is 4.79 Å². The van der Waals surface area contributed by atoms with E-state index in [0.717, 1.165) is 50.3 Å². The highest BCUT2D eigenvalue weighted by molar-refractivity contribution is 7.13. The van der Waals surface area contributed by atoms with Gasteiger partial charge in [0.05, 0.1) is 17.4 Å². The molecule has 3 aromatic carbocycles. The highest BCUT2D eigenvalue weighted by Crippen LogP contribution is 2.29. The van der Waals surface area contributed by atoms with Crippen LogP contribution in [0, 0.1) is 0 Å². The summed E-state index contributed by atoms with van der Waals surface area (Å²) < 4.78 is 8.34. The van der Waals surface area contributed by atoms with E-state index in [1.165, 1.54) is 0 Å². The molecular weight excluding hydrogens is 400 g/mol. The van der Waals surface area contributed by atoms with Crippen molar-refractivity contribution >= 4 is 45.7 Å². The molecule has 0 saturated heterocycles. The third kappa shape index (κ3) is 3.65. The zero-order valence-electron chi connectivity index (χ0n) is 15.1. The van der Waals surface area contributed by atoms with Gasteiger partial charge in [0.25, 0.3) is 5.91 Å².